The van der Waals surface area contributed by atoms with Crippen molar-refractivity contribution in [3.63, 3.8) is 0 Å². The van der Waals surface area contributed by atoms with Gasteiger partial charge < -0.3 is 14.8 Å². The largest absolute Gasteiger partial charge is 0.454 e. The number of aryl methyl sites for hydroxylation is 1. The molecule has 5 rings (SSSR count). The zero-order chi connectivity index (χ0) is 24.4. The summed E-state index contributed by atoms with van der Waals surface area (Å²) in [6, 6.07) is 14.8. The predicted molar refractivity (Wildman–Crippen MR) is 131 cm³/mol. The highest BCUT2D eigenvalue weighted by Crippen LogP contribution is 2.37. The zero-order valence-corrected chi connectivity index (χ0v) is 19.8. The molecule has 0 spiro atoms. The molecule has 9 nitrogen and oxygen atoms in total. The van der Waals surface area contributed by atoms with Crippen molar-refractivity contribution >= 4 is 29.1 Å². The second-order valence-electron chi connectivity index (χ2n) is 7.81. The van der Waals surface area contributed by atoms with E-state index in [1.54, 1.807) is 24.5 Å². The first kappa shape index (κ1) is 22.6. The van der Waals surface area contributed by atoms with E-state index in [0.717, 1.165) is 16.8 Å². The number of benzene rings is 2. The number of hydrogen-bond donors (Lipinski definition) is 1. The van der Waals surface area contributed by atoms with Crippen LogP contribution in [0.3, 0.4) is 0 Å². The summed E-state index contributed by atoms with van der Waals surface area (Å²) in [6.45, 7) is 3.53. The van der Waals surface area contributed by atoms with E-state index in [9.17, 15) is 9.59 Å². The van der Waals surface area contributed by atoms with Crippen LogP contribution in [0.1, 0.15) is 22.8 Å². The Morgan fingerprint density at radius 1 is 1.06 bits per heavy atom. The highest BCUT2D eigenvalue weighted by molar-refractivity contribution is 7.99. The monoisotopic (exact) mass is 487 g/mol. The molecule has 0 saturated heterocycles. The van der Waals surface area contributed by atoms with Crippen molar-refractivity contribution in [2.24, 2.45) is 0 Å². The van der Waals surface area contributed by atoms with Crippen molar-refractivity contribution in [2.75, 3.05) is 17.9 Å². The molecule has 0 saturated carbocycles. The Kier molecular flexibility index (Phi) is 6.19. The number of carbonyl (C=O) groups is 2. The van der Waals surface area contributed by atoms with Crippen LogP contribution in [-0.2, 0) is 4.79 Å². The van der Waals surface area contributed by atoms with Gasteiger partial charge in [0.25, 0.3) is 0 Å². The van der Waals surface area contributed by atoms with Gasteiger partial charge in [-0.25, -0.2) is 0 Å². The fraction of sp³-hybridized carbons (Fsp3) is 0.160. The van der Waals surface area contributed by atoms with Crippen molar-refractivity contribution in [1.29, 1.82) is 0 Å². The maximum Gasteiger partial charge on any atom is 0.234 e. The minimum absolute atomic E-state index is 0.0617. The Labute approximate surface area is 205 Å². The molecule has 1 N–H and O–H groups in total. The Bertz CT molecular complexity index is 1420. The van der Waals surface area contributed by atoms with Crippen LogP contribution in [0, 0.1) is 6.92 Å². The molecule has 0 radical (unpaired) electrons. The van der Waals surface area contributed by atoms with Crippen molar-refractivity contribution < 1.29 is 19.1 Å². The van der Waals surface area contributed by atoms with E-state index >= 15 is 0 Å². The lowest BCUT2D eigenvalue weighted by Gasteiger charge is -2.13. The summed E-state index contributed by atoms with van der Waals surface area (Å²) < 4.78 is 12.7. The van der Waals surface area contributed by atoms with Crippen LogP contribution in [0.15, 0.2) is 66.1 Å². The standard InChI is InChI=1S/C25H21N5O4S/c1-15-5-3-4-6-20(15)30-24(17-7-9-26-10-8-17)28-29-25(30)35-13-23(32)27-19-12-22-21(33-14-34-22)11-18(19)16(2)31/h3-12H,13-14H2,1-2H3,(H,27,32). The van der Waals surface area contributed by atoms with Gasteiger partial charge in [-0.15, -0.1) is 10.2 Å². The number of para-hydroxylation sites is 1. The van der Waals surface area contributed by atoms with E-state index in [4.69, 9.17) is 9.47 Å². The maximum absolute atomic E-state index is 12.9. The molecule has 4 aromatic rings. The molecule has 2 aromatic carbocycles. The molecule has 2 aromatic heterocycles. The molecule has 0 aliphatic carbocycles. The zero-order valence-electron chi connectivity index (χ0n) is 19.0. The summed E-state index contributed by atoms with van der Waals surface area (Å²) in [6.07, 6.45) is 3.40. The number of fused-ring (bicyclic) bond motifs is 1. The molecule has 0 atom stereocenters. The summed E-state index contributed by atoms with van der Waals surface area (Å²) in [7, 11) is 0. The SMILES string of the molecule is CC(=O)c1cc2c(cc1NC(=O)CSc1nnc(-c3ccncc3)n1-c1ccccc1C)OCO2. The second-order valence-corrected chi connectivity index (χ2v) is 8.75. The van der Waals surface area contributed by atoms with E-state index in [0.29, 0.717) is 33.7 Å². The molecule has 0 unspecified atom stereocenters. The third kappa shape index (κ3) is 4.60. The second kappa shape index (κ2) is 9.59. The summed E-state index contributed by atoms with van der Waals surface area (Å²) in [5.74, 6) is 1.20. The van der Waals surface area contributed by atoms with Crippen LogP contribution in [0.4, 0.5) is 5.69 Å². The van der Waals surface area contributed by atoms with Gasteiger partial charge in [0, 0.05) is 29.6 Å². The number of nitrogens with one attached hydrogen (secondary N) is 1. The fourth-order valence-electron chi connectivity index (χ4n) is 3.74. The molecular formula is C25H21N5O4S. The molecule has 1 amide bonds. The van der Waals surface area contributed by atoms with Crippen LogP contribution >= 0.6 is 11.8 Å². The average Bonchev–Trinajstić information content (AvgIpc) is 3.49. The van der Waals surface area contributed by atoms with Crippen LogP contribution in [0.25, 0.3) is 17.1 Å². The summed E-state index contributed by atoms with van der Waals surface area (Å²) in [4.78, 5) is 29.1. The normalized spacial score (nSPS) is 11.9. The Hall–Kier alpha value is -4.18. The number of nitrogens with zero attached hydrogens (tertiary/aromatic N) is 4. The number of carbonyl (C=O) groups excluding carboxylic acids is 2. The molecule has 10 heteroatoms. The smallest absolute Gasteiger partial charge is 0.234 e. The van der Waals surface area contributed by atoms with E-state index in [-0.39, 0.29) is 24.2 Å². The summed E-state index contributed by atoms with van der Waals surface area (Å²) in [5.41, 5.74) is 3.56. The summed E-state index contributed by atoms with van der Waals surface area (Å²) in [5, 5.41) is 12.2. The van der Waals surface area contributed by atoms with Gasteiger partial charge in [0.15, 0.2) is 28.3 Å². The predicted octanol–water partition coefficient (Wildman–Crippen LogP) is 4.30. The first-order chi connectivity index (χ1) is 17.0. The molecule has 0 fully saturated rings. The van der Waals surface area contributed by atoms with Crippen molar-refractivity contribution in [3.8, 4) is 28.6 Å². The third-order valence-electron chi connectivity index (χ3n) is 5.43. The van der Waals surface area contributed by atoms with Gasteiger partial charge in [-0.1, -0.05) is 30.0 Å². The number of hydrogen-bond acceptors (Lipinski definition) is 8. The molecule has 0 bridgehead atoms. The van der Waals surface area contributed by atoms with E-state index in [1.165, 1.54) is 18.7 Å². The fourth-order valence-corrected chi connectivity index (χ4v) is 4.48. The van der Waals surface area contributed by atoms with E-state index in [2.05, 4.69) is 20.5 Å². The lowest BCUT2D eigenvalue weighted by atomic mass is 10.1. The quantitative estimate of drug-likeness (QED) is 0.304. The first-order valence-corrected chi connectivity index (χ1v) is 11.8. The van der Waals surface area contributed by atoms with Crippen molar-refractivity contribution in [2.45, 2.75) is 19.0 Å². The van der Waals surface area contributed by atoms with E-state index < -0.39 is 0 Å². The average molecular weight is 488 g/mol. The number of amides is 1. The number of ether oxygens (including phenoxy) is 2. The van der Waals surface area contributed by atoms with Crippen LogP contribution in [0.2, 0.25) is 0 Å². The third-order valence-corrected chi connectivity index (χ3v) is 6.36. The molecule has 176 valence electrons. The first-order valence-electron chi connectivity index (χ1n) is 10.8. The van der Waals surface area contributed by atoms with Gasteiger partial charge in [-0.2, -0.15) is 0 Å². The minimum atomic E-state index is -0.291. The van der Waals surface area contributed by atoms with Gasteiger partial charge in [0.05, 0.1) is 17.1 Å². The lowest BCUT2D eigenvalue weighted by molar-refractivity contribution is -0.113. The molecular weight excluding hydrogens is 466 g/mol. The van der Waals surface area contributed by atoms with Crippen molar-refractivity contribution in [1.82, 2.24) is 19.7 Å². The van der Waals surface area contributed by atoms with Gasteiger partial charge in [0.2, 0.25) is 12.7 Å². The van der Waals surface area contributed by atoms with Crippen molar-refractivity contribution in [3.05, 3.63) is 72.1 Å². The number of ketones is 1. The van der Waals surface area contributed by atoms with Gasteiger partial charge in [-0.05, 0) is 43.7 Å². The number of aromatic nitrogens is 4. The number of pyridine rings is 1. The molecule has 1 aliphatic heterocycles. The maximum atomic E-state index is 12.9. The number of Topliss-reactive ketones (excluding diaryl/α,β-unsaturated/α-hetero) is 1. The van der Waals surface area contributed by atoms with E-state index in [1.807, 2.05) is 47.9 Å². The number of rotatable bonds is 7. The number of anilines is 1. The Morgan fingerprint density at radius 2 is 1.80 bits per heavy atom. The Morgan fingerprint density at radius 3 is 2.54 bits per heavy atom. The topological polar surface area (TPSA) is 108 Å². The van der Waals surface area contributed by atoms with Gasteiger partial charge in [-0.3, -0.25) is 19.1 Å². The van der Waals surface area contributed by atoms with Crippen LogP contribution in [-0.4, -0.2) is 44.0 Å². The number of thioether (sulfide) groups is 1. The minimum Gasteiger partial charge on any atom is -0.454 e. The molecule has 3 heterocycles. The van der Waals surface area contributed by atoms with Crippen LogP contribution < -0.4 is 14.8 Å². The molecule has 35 heavy (non-hydrogen) atoms. The molecule has 1 aliphatic rings. The lowest BCUT2D eigenvalue weighted by Crippen LogP contribution is -2.16. The highest BCUT2D eigenvalue weighted by atomic mass is 32.2. The van der Waals surface area contributed by atoms with Gasteiger partial charge >= 0.3 is 0 Å². The van der Waals surface area contributed by atoms with Gasteiger partial charge in [0.1, 0.15) is 0 Å². The Balaban J connectivity index is 1.41. The van der Waals surface area contributed by atoms with Crippen LogP contribution in [0.5, 0.6) is 11.5 Å². The highest BCUT2D eigenvalue weighted by Gasteiger charge is 2.22. The summed E-state index contributed by atoms with van der Waals surface area (Å²) >= 11 is 1.25.